The number of hydrogen-bond donors (Lipinski definition) is 2. The molecule has 0 fully saturated rings. The Kier molecular flexibility index (Phi) is 7.85. The molecule has 0 radical (unpaired) electrons. The first-order chi connectivity index (χ1) is 4.41. The molecule has 0 aliphatic rings. The molecule has 0 rings (SSSR count). The molecule has 0 heterocycles. The third-order valence-electron chi connectivity index (χ3n) is 0.600. The maximum atomic E-state index is 3.58. The van der Waals surface area contributed by atoms with Crippen LogP contribution in [0.25, 0.3) is 0 Å². The van der Waals surface area contributed by atoms with Gasteiger partial charge in [-0.05, 0) is 0 Å². The van der Waals surface area contributed by atoms with Gasteiger partial charge in [0.15, 0.2) is 0 Å². The first kappa shape index (κ1) is 8.92. The van der Waals surface area contributed by atoms with Gasteiger partial charge in [-0.2, -0.15) is 0 Å². The molecule has 2 nitrogen and oxygen atoms in total. The summed E-state index contributed by atoms with van der Waals surface area (Å²) in [4.78, 5) is 0. The fourth-order valence-electron chi connectivity index (χ4n) is 0.252. The van der Waals surface area contributed by atoms with E-state index in [0.717, 1.165) is 13.1 Å². The van der Waals surface area contributed by atoms with Crippen molar-refractivity contribution >= 4 is 15.4 Å². The van der Waals surface area contributed by atoms with Crippen molar-refractivity contribution in [2.45, 2.75) is 0 Å². The third kappa shape index (κ3) is 7.92. The summed E-state index contributed by atoms with van der Waals surface area (Å²) in [6.45, 7) is 8.91. The van der Waals surface area contributed by atoms with Gasteiger partial charge in [0.2, 0.25) is 0 Å². The summed E-state index contributed by atoms with van der Waals surface area (Å²) in [5.74, 6) is 0. The zero-order valence-corrected chi connectivity index (χ0v) is 7.10. The Balaban J connectivity index is 2.74. The first-order valence-electron chi connectivity index (χ1n) is 2.75. The summed E-state index contributed by atoms with van der Waals surface area (Å²) in [7, 11) is 0. The Morgan fingerprint density at radius 1 is 1.11 bits per heavy atom. The Morgan fingerprint density at radius 2 is 1.56 bits per heavy atom. The summed E-state index contributed by atoms with van der Waals surface area (Å²) >= 11 is 0.336. The SMILES string of the molecule is C=CCN[Se]NCC=C. The van der Waals surface area contributed by atoms with E-state index in [0.29, 0.717) is 15.4 Å². The number of rotatable bonds is 6. The van der Waals surface area contributed by atoms with E-state index in [-0.39, 0.29) is 0 Å². The van der Waals surface area contributed by atoms with Crippen LogP contribution in [0.2, 0.25) is 0 Å². The van der Waals surface area contributed by atoms with Crippen LogP contribution in [0.3, 0.4) is 0 Å². The summed E-state index contributed by atoms with van der Waals surface area (Å²) in [5, 5.41) is 0. The van der Waals surface area contributed by atoms with E-state index >= 15 is 0 Å². The molecule has 3 heteroatoms. The van der Waals surface area contributed by atoms with Crippen LogP contribution in [0.1, 0.15) is 0 Å². The monoisotopic (exact) mass is 192 g/mol. The zero-order chi connectivity index (χ0) is 6.95. The van der Waals surface area contributed by atoms with Gasteiger partial charge in [0.05, 0.1) is 0 Å². The molecule has 0 saturated heterocycles. The molecule has 9 heavy (non-hydrogen) atoms. The van der Waals surface area contributed by atoms with Crippen molar-refractivity contribution in [2.24, 2.45) is 0 Å². The van der Waals surface area contributed by atoms with E-state index in [9.17, 15) is 0 Å². The van der Waals surface area contributed by atoms with E-state index < -0.39 is 0 Å². The molecule has 0 aromatic carbocycles. The van der Waals surface area contributed by atoms with Gasteiger partial charge < -0.3 is 0 Å². The third-order valence-corrected chi connectivity index (χ3v) is 1.90. The molecule has 2 N–H and O–H groups in total. The predicted octanol–water partition coefficient (Wildman–Crippen LogP) is 0.0718. The van der Waals surface area contributed by atoms with Crippen molar-refractivity contribution in [3.63, 3.8) is 0 Å². The molecular weight excluding hydrogens is 179 g/mol. The van der Waals surface area contributed by atoms with Crippen molar-refractivity contribution < 1.29 is 0 Å². The second kappa shape index (κ2) is 7.92. The standard InChI is InChI=1S/C6H12N2Se/c1-3-5-7-9-8-6-4-2/h3-4,7-8H,1-2,5-6H2. The van der Waals surface area contributed by atoms with Gasteiger partial charge in [-0.1, -0.05) is 0 Å². The Hall–Kier alpha value is -0.0805. The second-order valence-corrected chi connectivity index (χ2v) is 3.02. The van der Waals surface area contributed by atoms with Crippen molar-refractivity contribution in [3.05, 3.63) is 25.3 Å². The van der Waals surface area contributed by atoms with Gasteiger partial charge in [-0.3, -0.25) is 0 Å². The average molecular weight is 191 g/mol. The second-order valence-electron chi connectivity index (χ2n) is 1.38. The number of hydrogen-bond acceptors (Lipinski definition) is 2. The van der Waals surface area contributed by atoms with Crippen LogP contribution in [0.15, 0.2) is 25.3 Å². The molecule has 0 aliphatic carbocycles. The van der Waals surface area contributed by atoms with Gasteiger partial charge in [-0.15, -0.1) is 0 Å². The van der Waals surface area contributed by atoms with E-state index in [1.807, 2.05) is 12.2 Å². The normalized spacial score (nSPS) is 8.89. The predicted molar refractivity (Wildman–Crippen MR) is 42.2 cm³/mol. The van der Waals surface area contributed by atoms with Crippen molar-refractivity contribution in [1.29, 1.82) is 0 Å². The topological polar surface area (TPSA) is 24.1 Å². The summed E-state index contributed by atoms with van der Waals surface area (Å²) in [6, 6.07) is 0. The molecule has 52 valence electrons. The van der Waals surface area contributed by atoms with Crippen LogP contribution >= 0.6 is 0 Å². The summed E-state index contributed by atoms with van der Waals surface area (Å²) in [5.41, 5.74) is 0. The fraction of sp³-hybridized carbons (Fsp3) is 0.333. The minimum absolute atomic E-state index is 0.336. The summed E-state index contributed by atoms with van der Waals surface area (Å²) < 4.78 is 6.31. The van der Waals surface area contributed by atoms with Crippen LogP contribution in [-0.2, 0) is 0 Å². The van der Waals surface area contributed by atoms with Crippen molar-refractivity contribution in [2.75, 3.05) is 13.1 Å². The van der Waals surface area contributed by atoms with E-state index in [4.69, 9.17) is 0 Å². The molecule has 0 bridgehead atoms. The molecule has 0 aromatic heterocycles. The van der Waals surface area contributed by atoms with Gasteiger partial charge in [0, 0.05) is 0 Å². The van der Waals surface area contributed by atoms with Gasteiger partial charge in [0.1, 0.15) is 0 Å². The van der Waals surface area contributed by atoms with Crippen molar-refractivity contribution in [3.8, 4) is 0 Å². The van der Waals surface area contributed by atoms with Gasteiger partial charge in [0.25, 0.3) is 0 Å². The van der Waals surface area contributed by atoms with Crippen LogP contribution < -0.4 is 8.67 Å². The zero-order valence-electron chi connectivity index (χ0n) is 5.39. The Bertz CT molecular complexity index is 73.1. The Labute approximate surface area is 63.0 Å². The minimum atomic E-state index is 0.336. The molecule has 0 aromatic rings. The molecule has 0 spiro atoms. The van der Waals surface area contributed by atoms with Crippen LogP contribution in [0.5, 0.6) is 0 Å². The van der Waals surface area contributed by atoms with E-state index in [2.05, 4.69) is 21.8 Å². The number of nitrogens with one attached hydrogen (secondary N) is 2. The maximum absolute atomic E-state index is 3.58. The van der Waals surface area contributed by atoms with Gasteiger partial charge >= 0.3 is 62.5 Å². The average Bonchev–Trinajstić information content (AvgIpc) is 1.89. The molecular formula is C6H12N2Se. The quantitative estimate of drug-likeness (QED) is 0.353. The fourth-order valence-corrected chi connectivity index (χ4v) is 1.31. The molecule has 0 unspecified atom stereocenters. The molecule has 0 amide bonds. The van der Waals surface area contributed by atoms with E-state index in [1.54, 1.807) is 0 Å². The van der Waals surface area contributed by atoms with Crippen LogP contribution in [0, 0.1) is 0 Å². The first-order valence-corrected chi connectivity index (χ1v) is 4.46. The van der Waals surface area contributed by atoms with Gasteiger partial charge in [-0.25, -0.2) is 0 Å². The summed E-state index contributed by atoms with van der Waals surface area (Å²) in [6.07, 6.45) is 3.69. The van der Waals surface area contributed by atoms with Crippen LogP contribution in [0.4, 0.5) is 0 Å². The van der Waals surface area contributed by atoms with Crippen molar-refractivity contribution in [1.82, 2.24) is 8.67 Å². The molecule has 0 atom stereocenters. The molecule has 0 saturated carbocycles. The molecule has 0 aliphatic heterocycles. The van der Waals surface area contributed by atoms with Crippen LogP contribution in [-0.4, -0.2) is 28.5 Å². The Morgan fingerprint density at radius 3 is 1.89 bits per heavy atom. The van der Waals surface area contributed by atoms with E-state index in [1.165, 1.54) is 0 Å².